The van der Waals surface area contributed by atoms with Gasteiger partial charge in [-0.3, -0.25) is 9.97 Å². The zero-order chi connectivity index (χ0) is 13.8. The molecule has 2 nitrogen and oxygen atoms in total. The van der Waals surface area contributed by atoms with Gasteiger partial charge >= 0.3 is 0 Å². The van der Waals surface area contributed by atoms with Gasteiger partial charge in [0.25, 0.3) is 0 Å². The lowest BCUT2D eigenvalue weighted by Gasteiger charge is -2.12. The predicted octanol–water partition coefficient (Wildman–Crippen LogP) is 4.30. The van der Waals surface area contributed by atoms with E-state index in [0.29, 0.717) is 0 Å². The molecule has 0 aliphatic rings. The molecule has 0 aliphatic heterocycles. The third-order valence-corrected chi connectivity index (χ3v) is 3.44. The highest BCUT2D eigenvalue weighted by Crippen LogP contribution is 2.24. The van der Waals surface area contributed by atoms with Crippen molar-refractivity contribution < 1.29 is 0 Å². The fraction of sp³-hybridized carbons (Fsp3) is 0.111. The van der Waals surface area contributed by atoms with Crippen LogP contribution in [0.4, 0.5) is 0 Å². The molecule has 1 atom stereocenters. The van der Waals surface area contributed by atoms with Gasteiger partial charge in [0.15, 0.2) is 0 Å². The summed E-state index contributed by atoms with van der Waals surface area (Å²) in [5.41, 5.74) is 4.18. The Morgan fingerprint density at radius 3 is 2.25 bits per heavy atom. The van der Waals surface area contributed by atoms with Crippen LogP contribution in [0.2, 0.25) is 0 Å². The van der Waals surface area contributed by atoms with E-state index in [2.05, 4.69) is 42.2 Å². The minimum Gasteiger partial charge on any atom is -0.255 e. The first-order valence-electron chi connectivity index (χ1n) is 6.78. The smallest absolute Gasteiger partial charge is 0.0889 e. The summed E-state index contributed by atoms with van der Waals surface area (Å²) < 4.78 is 0. The van der Waals surface area contributed by atoms with Crippen LogP contribution < -0.4 is 0 Å². The van der Waals surface area contributed by atoms with E-state index in [4.69, 9.17) is 4.98 Å². The van der Waals surface area contributed by atoms with Crippen LogP contribution in [0.15, 0.2) is 72.9 Å². The van der Waals surface area contributed by atoms with Crippen molar-refractivity contribution in [3.8, 4) is 11.4 Å². The molecule has 0 spiro atoms. The van der Waals surface area contributed by atoms with Crippen LogP contribution in [0.25, 0.3) is 11.4 Å². The maximum Gasteiger partial charge on any atom is 0.0889 e. The minimum atomic E-state index is 0.278. The Balaban J connectivity index is 1.96. The van der Waals surface area contributed by atoms with Gasteiger partial charge in [0.05, 0.1) is 11.4 Å². The van der Waals surface area contributed by atoms with E-state index in [1.54, 1.807) is 6.20 Å². The molecule has 0 saturated heterocycles. The van der Waals surface area contributed by atoms with Crippen LogP contribution in [-0.2, 0) is 0 Å². The quantitative estimate of drug-likeness (QED) is 0.702. The van der Waals surface area contributed by atoms with Crippen molar-refractivity contribution in [2.24, 2.45) is 0 Å². The molecule has 2 heterocycles. The Kier molecular flexibility index (Phi) is 3.55. The lowest BCUT2D eigenvalue weighted by atomic mass is 9.97. The molecule has 3 rings (SSSR count). The van der Waals surface area contributed by atoms with Crippen LogP contribution in [0.3, 0.4) is 0 Å². The molecule has 0 fully saturated rings. The van der Waals surface area contributed by atoms with Gasteiger partial charge in [-0.05, 0) is 29.8 Å². The van der Waals surface area contributed by atoms with Crippen LogP contribution in [0, 0.1) is 0 Å². The maximum atomic E-state index is 4.76. The van der Waals surface area contributed by atoms with Gasteiger partial charge in [-0.25, -0.2) is 0 Å². The van der Waals surface area contributed by atoms with Crippen LogP contribution in [-0.4, -0.2) is 9.97 Å². The Morgan fingerprint density at radius 2 is 1.50 bits per heavy atom. The Labute approximate surface area is 119 Å². The molecule has 0 saturated carbocycles. The molecule has 0 aliphatic carbocycles. The zero-order valence-electron chi connectivity index (χ0n) is 11.4. The summed E-state index contributed by atoms with van der Waals surface area (Å²) in [6.45, 7) is 2.18. The summed E-state index contributed by atoms with van der Waals surface area (Å²) in [5.74, 6) is 0.278. The van der Waals surface area contributed by atoms with Crippen molar-refractivity contribution in [3.63, 3.8) is 0 Å². The summed E-state index contributed by atoms with van der Waals surface area (Å²) in [6.07, 6.45) is 1.80. The van der Waals surface area contributed by atoms with Crippen molar-refractivity contribution in [1.29, 1.82) is 0 Å². The lowest BCUT2D eigenvalue weighted by molar-refractivity contribution is 0.872. The first kappa shape index (κ1) is 12.5. The third kappa shape index (κ3) is 2.59. The highest BCUT2D eigenvalue weighted by molar-refractivity contribution is 5.54. The largest absolute Gasteiger partial charge is 0.255 e. The number of pyridine rings is 2. The number of rotatable bonds is 3. The normalized spacial score (nSPS) is 12.1. The number of hydrogen-bond donors (Lipinski definition) is 0. The van der Waals surface area contributed by atoms with Gasteiger partial charge in [-0.1, -0.05) is 49.4 Å². The van der Waals surface area contributed by atoms with E-state index >= 15 is 0 Å². The van der Waals surface area contributed by atoms with Crippen molar-refractivity contribution in [2.75, 3.05) is 0 Å². The Hall–Kier alpha value is -2.48. The SMILES string of the molecule is C[C@H](c1ccccc1)c1cccc(-c2ccccn2)n1. The van der Waals surface area contributed by atoms with Crippen molar-refractivity contribution in [2.45, 2.75) is 12.8 Å². The molecule has 2 aromatic heterocycles. The second kappa shape index (κ2) is 5.66. The second-order valence-electron chi connectivity index (χ2n) is 4.80. The molecule has 20 heavy (non-hydrogen) atoms. The summed E-state index contributed by atoms with van der Waals surface area (Å²) in [6, 6.07) is 22.5. The molecule has 1 aromatic carbocycles. The number of hydrogen-bond acceptors (Lipinski definition) is 2. The molecule has 0 N–H and O–H groups in total. The number of nitrogens with zero attached hydrogens (tertiary/aromatic N) is 2. The summed E-state index contributed by atoms with van der Waals surface area (Å²) in [7, 11) is 0. The average molecular weight is 260 g/mol. The zero-order valence-corrected chi connectivity index (χ0v) is 11.4. The van der Waals surface area contributed by atoms with E-state index in [0.717, 1.165) is 17.1 Å². The first-order chi connectivity index (χ1) is 9.84. The van der Waals surface area contributed by atoms with Gasteiger partial charge in [-0.2, -0.15) is 0 Å². The highest BCUT2D eigenvalue weighted by Gasteiger charge is 2.10. The molecule has 0 amide bonds. The molecule has 0 unspecified atom stereocenters. The van der Waals surface area contributed by atoms with Gasteiger partial charge in [0.2, 0.25) is 0 Å². The average Bonchev–Trinajstić information content (AvgIpc) is 2.56. The van der Waals surface area contributed by atoms with Crippen molar-refractivity contribution >= 4 is 0 Å². The molecule has 0 radical (unpaired) electrons. The first-order valence-corrected chi connectivity index (χ1v) is 6.78. The van der Waals surface area contributed by atoms with E-state index in [1.165, 1.54) is 5.56 Å². The topological polar surface area (TPSA) is 25.8 Å². The van der Waals surface area contributed by atoms with Crippen molar-refractivity contribution in [3.05, 3.63) is 84.2 Å². The van der Waals surface area contributed by atoms with E-state index in [9.17, 15) is 0 Å². The molecular weight excluding hydrogens is 244 g/mol. The molecule has 98 valence electrons. The highest BCUT2D eigenvalue weighted by atomic mass is 14.8. The molecule has 0 bridgehead atoms. The lowest BCUT2D eigenvalue weighted by Crippen LogP contribution is -2.00. The maximum absolute atomic E-state index is 4.76. The van der Waals surface area contributed by atoms with E-state index < -0.39 is 0 Å². The predicted molar refractivity (Wildman–Crippen MR) is 81.4 cm³/mol. The second-order valence-corrected chi connectivity index (χ2v) is 4.80. The van der Waals surface area contributed by atoms with Gasteiger partial charge in [0.1, 0.15) is 0 Å². The fourth-order valence-corrected chi connectivity index (χ4v) is 2.26. The van der Waals surface area contributed by atoms with Crippen LogP contribution in [0.5, 0.6) is 0 Å². The fourth-order valence-electron chi connectivity index (χ4n) is 2.26. The Bertz CT molecular complexity index is 678. The van der Waals surface area contributed by atoms with Crippen molar-refractivity contribution in [1.82, 2.24) is 9.97 Å². The van der Waals surface area contributed by atoms with Crippen LogP contribution >= 0.6 is 0 Å². The molecule has 3 aromatic rings. The van der Waals surface area contributed by atoms with Crippen LogP contribution in [0.1, 0.15) is 24.1 Å². The van der Waals surface area contributed by atoms with Gasteiger partial charge < -0.3 is 0 Å². The molecular formula is C18H16N2. The molecule has 2 heteroatoms. The van der Waals surface area contributed by atoms with Gasteiger partial charge in [0, 0.05) is 17.8 Å². The van der Waals surface area contributed by atoms with Gasteiger partial charge in [-0.15, -0.1) is 0 Å². The standard InChI is InChI=1S/C18H16N2/c1-14(15-8-3-2-4-9-15)16-11-7-12-18(20-16)17-10-5-6-13-19-17/h2-14H,1H3/t14-/m1/s1. The van der Waals surface area contributed by atoms with E-state index in [1.807, 2.05) is 36.4 Å². The van der Waals surface area contributed by atoms with E-state index in [-0.39, 0.29) is 5.92 Å². The monoisotopic (exact) mass is 260 g/mol. The number of benzene rings is 1. The number of aromatic nitrogens is 2. The summed E-state index contributed by atoms with van der Waals surface area (Å²) in [5, 5.41) is 0. The summed E-state index contributed by atoms with van der Waals surface area (Å²) in [4.78, 5) is 9.12. The Morgan fingerprint density at radius 1 is 0.750 bits per heavy atom. The minimum absolute atomic E-state index is 0.278. The summed E-state index contributed by atoms with van der Waals surface area (Å²) >= 11 is 0. The third-order valence-electron chi connectivity index (χ3n) is 3.44.